The fraction of sp³-hybridized carbons (Fsp3) is 0.0909. The van der Waals surface area contributed by atoms with Crippen molar-refractivity contribution in [3.05, 3.63) is 190 Å². The SMILES string of the molecule is O=C1C(=O)c2ccccc2C([O-])=C1C(NCc1ccco1)c1ccccc1O.O=C1C(=O)c2ccccc2C([O-])=C1C(NCc1ccco1)c1ccccc1O.[Cu+2]. The van der Waals surface area contributed by atoms with Crippen LogP contribution in [0.15, 0.2) is 154 Å². The Balaban J connectivity index is 0.000000189. The van der Waals surface area contributed by atoms with Gasteiger partial charge in [-0.05, 0) is 47.5 Å². The van der Waals surface area contributed by atoms with Gasteiger partial charge < -0.3 is 29.3 Å². The van der Waals surface area contributed by atoms with E-state index in [2.05, 4.69) is 10.6 Å². The largest absolute Gasteiger partial charge is 2.00 e. The molecule has 12 nitrogen and oxygen atoms in total. The van der Waals surface area contributed by atoms with Crippen LogP contribution in [0.1, 0.15) is 66.6 Å². The van der Waals surface area contributed by atoms with Gasteiger partial charge in [0.25, 0.3) is 0 Å². The average molecular weight is 812 g/mol. The zero-order chi connectivity index (χ0) is 39.3. The van der Waals surface area contributed by atoms with E-state index < -0.39 is 46.7 Å². The second-order valence-electron chi connectivity index (χ2n) is 12.8. The summed E-state index contributed by atoms with van der Waals surface area (Å²) in [4.78, 5) is 50.9. The van der Waals surface area contributed by atoms with Crippen molar-refractivity contribution in [2.45, 2.75) is 25.2 Å². The van der Waals surface area contributed by atoms with Gasteiger partial charge in [0, 0.05) is 33.4 Å². The van der Waals surface area contributed by atoms with E-state index in [9.17, 15) is 39.6 Å². The van der Waals surface area contributed by atoms with E-state index in [1.165, 1.54) is 48.9 Å². The number of carbonyl (C=O) groups is 4. The Bertz CT molecular complexity index is 2350. The number of hydrogen-bond acceptors (Lipinski definition) is 12. The number of fused-ring (bicyclic) bond motifs is 2. The number of nitrogens with one attached hydrogen (secondary N) is 2. The molecule has 0 spiro atoms. The molecule has 2 aliphatic carbocycles. The Morgan fingerprint density at radius 1 is 0.474 bits per heavy atom. The van der Waals surface area contributed by atoms with E-state index in [0.717, 1.165) is 0 Å². The number of benzene rings is 4. The van der Waals surface area contributed by atoms with Crippen LogP contribution in [0.3, 0.4) is 0 Å². The minimum Gasteiger partial charge on any atom is -0.872 e. The van der Waals surface area contributed by atoms with Crippen LogP contribution in [0.5, 0.6) is 11.5 Å². The normalized spacial score (nSPS) is 14.6. The van der Waals surface area contributed by atoms with Crippen LogP contribution >= 0.6 is 0 Å². The van der Waals surface area contributed by atoms with Crippen molar-refractivity contribution in [2.75, 3.05) is 0 Å². The Kier molecular flexibility index (Phi) is 12.2. The summed E-state index contributed by atoms with van der Waals surface area (Å²) in [5.41, 5.74) is 0.806. The topological polar surface area (TPSA) is 205 Å². The summed E-state index contributed by atoms with van der Waals surface area (Å²) < 4.78 is 10.6. The first-order valence-electron chi connectivity index (χ1n) is 17.4. The summed E-state index contributed by atoms with van der Waals surface area (Å²) >= 11 is 0. The molecule has 4 aromatic carbocycles. The van der Waals surface area contributed by atoms with E-state index in [4.69, 9.17) is 8.83 Å². The molecular weight excluding hydrogens is 780 g/mol. The fourth-order valence-corrected chi connectivity index (χ4v) is 6.70. The molecule has 289 valence electrons. The van der Waals surface area contributed by atoms with Gasteiger partial charge >= 0.3 is 17.1 Å². The number of carbonyl (C=O) groups excluding carboxylic acids is 4. The molecule has 0 aliphatic heterocycles. The second-order valence-corrected chi connectivity index (χ2v) is 12.8. The molecule has 2 unspecified atom stereocenters. The third-order valence-electron chi connectivity index (χ3n) is 9.42. The van der Waals surface area contributed by atoms with Crippen molar-refractivity contribution in [1.29, 1.82) is 0 Å². The van der Waals surface area contributed by atoms with E-state index >= 15 is 0 Å². The zero-order valence-electron chi connectivity index (χ0n) is 29.7. The molecule has 6 aromatic rings. The van der Waals surface area contributed by atoms with Crippen LogP contribution < -0.4 is 20.8 Å². The van der Waals surface area contributed by atoms with Crippen molar-refractivity contribution in [2.24, 2.45) is 0 Å². The number of hydrogen-bond donors (Lipinski definition) is 4. The number of Topliss-reactive ketones (excluding diaryl/α,β-unsaturated/α-hetero) is 4. The number of phenols is 2. The number of phenolic OH excluding ortho intramolecular Hbond substituents is 2. The van der Waals surface area contributed by atoms with Crippen molar-refractivity contribution < 1.29 is 65.5 Å². The van der Waals surface area contributed by atoms with Crippen molar-refractivity contribution in [3.8, 4) is 11.5 Å². The number of rotatable bonds is 10. The fourth-order valence-electron chi connectivity index (χ4n) is 6.70. The number of furan rings is 2. The predicted molar refractivity (Wildman–Crippen MR) is 198 cm³/mol. The Labute approximate surface area is 336 Å². The van der Waals surface area contributed by atoms with E-state index in [-0.39, 0.29) is 75.1 Å². The van der Waals surface area contributed by atoms with E-state index in [1.54, 1.807) is 84.9 Å². The molecule has 8 rings (SSSR count). The number of ketones is 4. The van der Waals surface area contributed by atoms with Crippen LogP contribution in [0.4, 0.5) is 0 Å². The molecule has 2 aliphatic rings. The van der Waals surface area contributed by atoms with Crippen molar-refractivity contribution in [3.63, 3.8) is 0 Å². The maximum Gasteiger partial charge on any atom is 2.00 e. The Morgan fingerprint density at radius 3 is 1.18 bits per heavy atom. The van der Waals surface area contributed by atoms with Crippen LogP contribution in [-0.2, 0) is 39.7 Å². The van der Waals surface area contributed by atoms with E-state index in [1.807, 2.05) is 0 Å². The molecule has 57 heavy (non-hydrogen) atoms. The number of para-hydroxylation sites is 2. The van der Waals surface area contributed by atoms with Gasteiger partial charge in [-0.15, -0.1) is 0 Å². The maximum absolute atomic E-state index is 13.1. The summed E-state index contributed by atoms with van der Waals surface area (Å²) in [6, 6.07) is 30.2. The first-order valence-corrected chi connectivity index (χ1v) is 17.4. The first kappa shape index (κ1) is 39.9. The third-order valence-corrected chi connectivity index (χ3v) is 9.42. The van der Waals surface area contributed by atoms with Gasteiger partial charge in [-0.3, -0.25) is 29.8 Å². The number of aromatic hydroxyl groups is 2. The van der Waals surface area contributed by atoms with Crippen LogP contribution in [0.25, 0.3) is 11.5 Å². The summed E-state index contributed by atoms with van der Waals surface area (Å²) in [5.74, 6) is -3.26. The minimum absolute atomic E-state index is 0. The van der Waals surface area contributed by atoms with E-state index in [0.29, 0.717) is 22.6 Å². The van der Waals surface area contributed by atoms with Gasteiger partial charge in [-0.25, -0.2) is 0 Å². The summed E-state index contributed by atoms with van der Waals surface area (Å²) in [5, 5.41) is 53.0. The van der Waals surface area contributed by atoms with Gasteiger partial charge in [-0.2, -0.15) is 0 Å². The maximum atomic E-state index is 13.1. The molecule has 0 saturated carbocycles. The Hall–Kier alpha value is -6.76. The molecule has 4 N–H and O–H groups in total. The smallest absolute Gasteiger partial charge is 0.872 e. The minimum atomic E-state index is -0.969. The molecule has 0 fully saturated rings. The molecular formula is C44H32CuN2O10. The van der Waals surface area contributed by atoms with Gasteiger partial charge in [0.15, 0.2) is 0 Å². The molecule has 13 heteroatoms. The average Bonchev–Trinajstić information content (AvgIpc) is 3.95. The second kappa shape index (κ2) is 17.4. The monoisotopic (exact) mass is 811 g/mol. The van der Waals surface area contributed by atoms with Crippen molar-refractivity contribution in [1.82, 2.24) is 10.6 Å². The molecule has 0 saturated heterocycles. The predicted octanol–water partition coefficient (Wildman–Crippen LogP) is 4.70. The zero-order valence-corrected chi connectivity index (χ0v) is 30.7. The summed E-state index contributed by atoms with van der Waals surface area (Å²) in [6.45, 7) is 0.401. The molecule has 1 radical (unpaired) electrons. The molecule has 0 bridgehead atoms. The molecule has 0 amide bonds. The van der Waals surface area contributed by atoms with Gasteiger partial charge in [0.1, 0.15) is 23.0 Å². The molecule has 2 atom stereocenters. The standard InChI is InChI=1S/2C22H17NO5.Cu/c2*24-17-10-4-3-9-16(17)19(23-12-13-6-5-11-28-13)18-20(25)14-7-1-2-8-15(14)21(26)22(18)27;/h2*1-11,19,23-25H,12H2;/q;;+2/p-2. The molecule has 2 aromatic heterocycles. The Morgan fingerprint density at radius 2 is 0.825 bits per heavy atom. The van der Waals surface area contributed by atoms with Crippen LogP contribution in [0.2, 0.25) is 0 Å². The van der Waals surface area contributed by atoms with Crippen LogP contribution in [0, 0.1) is 0 Å². The van der Waals surface area contributed by atoms with Gasteiger partial charge in [0.05, 0.1) is 37.7 Å². The van der Waals surface area contributed by atoms with Gasteiger partial charge in [0.2, 0.25) is 23.1 Å². The quantitative estimate of drug-likeness (QED) is 0.110. The summed E-state index contributed by atoms with van der Waals surface area (Å²) in [6.07, 6.45) is 3.02. The van der Waals surface area contributed by atoms with Gasteiger partial charge in [-0.1, -0.05) is 96.4 Å². The molecule has 2 heterocycles. The summed E-state index contributed by atoms with van der Waals surface area (Å²) in [7, 11) is 0. The third kappa shape index (κ3) is 7.99. The van der Waals surface area contributed by atoms with Crippen LogP contribution in [-0.4, -0.2) is 33.3 Å². The van der Waals surface area contributed by atoms with Crippen molar-refractivity contribution >= 4 is 34.7 Å². The first-order chi connectivity index (χ1) is 27.2.